The lowest BCUT2D eigenvalue weighted by Crippen LogP contribution is -2.43. The molecule has 0 spiro atoms. The predicted octanol–water partition coefficient (Wildman–Crippen LogP) is 4.75. The van der Waals surface area contributed by atoms with Crippen LogP contribution in [0.15, 0.2) is 48.8 Å². The van der Waals surface area contributed by atoms with Gasteiger partial charge in [0.2, 0.25) is 5.69 Å². The van der Waals surface area contributed by atoms with Crippen molar-refractivity contribution in [3.63, 3.8) is 0 Å². The Hall–Kier alpha value is -2.42. The van der Waals surface area contributed by atoms with Gasteiger partial charge < -0.3 is 0 Å². The van der Waals surface area contributed by atoms with E-state index in [-0.39, 0.29) is 5.41 Å². The molecule has 0 aliphatic carbocycles. The largest absolute Gasteiger partial charge is 0.214 e. The maximum atomic E-state index is 2.37. The zero-order valence-electron chi connectivity index (χ0n) is 18.0. The van der Waals surface area contributed by atoms with Crippen LogP contribution in [0.3, 0.4) is 0 Å². The van der Waals surface area contributed by atoms with Crippen LogP contribution in [-0.2, 0) is 12.5 Å². The molecule has 0 aliphatic rings. The normalized spacial score (nSPS) is 12.0. The molecular weight excluding hydrogens is 330 g/mol. The Labute approximate surface area is 163 Å². The molecule has 3 rings (SSSR count). The molecule has 0 fully saturated rings. The molecule has 0 saturated carbocycles. The van der Waals surface area contributed by atoms with Crippen LogP contribution in [0.2, 0.25) is 0 Å². The zero-order chi connectivity index (χ0) is 19.9. The molecule has 0 amide bonds. The van der Waals surface area contributed by atoms with E-state index in [1.165, 1.54) is 33.8 Å². The maximum absolute atomic E-state index is 2.37. The summed E-state index contributed by atoms with van der Waals surface area (Å²) in [5.74, 6) is 0. The van der Waals surface area contributed by atoms with E-state index in [2.05, 4.69) is 118 Å². The van der Waals surface area contributed by atoms with Gasteiger partial charge >= 0.3 is 0 Å². The second-order valence-corrected chi connectivity index (χ2v) is 8.83. The van der Waals surface area contributed by atoms with Crippen molar-refractivity contribution in [3.05, 3.63) is 65.6 Å². The minimum atomic E-state index is 0.0830. The van der Waals surface area contributed by atoms with Crippen molar-refractivity contribution < 1.29 is 9.25 Å². The second kappa shape index (κ2) is 6.95. The van der Waals surface area contributed by atoms with Gasteiger partial charge in [-0.05, 0) is 37.8 Å². The number of hydrogen-bond donors (Lipinski definition) is 0. The molecule has 3 heteroatoms. The summed E-state index contributed by atoms with van der Waals surface area (Å²) < 4.78 is 6.85. The summed E-state index contributed by atoms with van der Waals surface area (Å²) in [5.41, 5.74) is 7.79. The fourth-order valence-electron chi connectivity index (χ4n) is 3.71. The minimum Gasteiger partial charge on any atom is -0.164 e. The van der Waals surface area contributed by atoms with Crippen molar-refractivity contribution in [3.8, 4) is 16.9 Å². The number of aromatic nitrogens is 3. The van der Waals surface area contributed by atoms with Gasteiger partial charge in [-0.1, -0.05) is 26.8 Å². The highest BCUT2D eigenvalue weighted by molar-refractivity contribution is 5.68. The molecule has 1 aromatic carbocycles. The summed E-state index contributed by atoms with van der Waals surface area (Å²) in [7, 11) is 2.15. The van der Waals surface area contributed by atoms with Gasteiger partial charge in [0.15, 0.2) is 24.1 Å². The van der Waals surface area contributed by atoms with Gasteiger partial charge in [-0.15, -0.1) is 4.68 Å². The molecule has 3 nitrogen and oxygen atoms in total. The minimum absolute atomic E-state index is 0.0830. The molecule has 0 saturated heterocycles. The summed E-state index contributed by atoms with van der Waals surface area (Å²) >= 11 is 0. The fraction of sp³-hybridized carbons (Fsp3) is 0.417. The van der Waals surface area contributed by atoms with Crippen molar-refractivity contribution >= 4 is 0 Å². The molecular formula is C24H33N3+2. The molecule has 0 radical (unpaired) electrons. The molecule has 27 heavy (non-hydrogen) atoms. The molecule has 2 aromatic heterocycles. The van der Waals surface area contributed by atoms with Crippen LogP contribution in [-0.4, -0.2) is 4.68 Å². The van der Waals surface area contributed by atoms with Crippen molar-refractivity contribution in [1.29, 1.82) is 0 Å². The third kappa shape index (κ3) is 3.55. The lowest BCUT2D eigenvalue weighted by molar-refractivity contribution is -0.789. The first kappa shape index (κ1) is 19.3. The third-order valence-electron chi connectivity index (χ3n) is 5.45. The molecule has 2 heterocycles. The lowest BCUT2D eigenvalue weighted by Gasteiger charge is -2.21. The summed E-state index contributed by atoms with van der Waals surface area (Å²) in [5, 5.41) is 0. The highest BCUT2D eigenvalue weighted by Crippen LogP contribution is 2.32. The summed E-state index contributed by atoms with van der Waals surface area (Å²) in [6, 6.07) is 13.8. The Bertz CT molecular complexity index is 972. The molecule has 0 aliphatic heterocycles. The van der Waals surface area contributed by atoms with E-state index in [4.69, 9.17) is 0 Å². The number of rotatable bonds is 3. The highest BCUT2D eigenvalue weighted by atomic mass is 15.4. The zero-order valence-corrected chi connectivity index (χ0v) is 18.0. The SMILES string of the molecule is Cc1c(-c2cc[n+](C(C)C)n2C)cc(C(C)(C)C)cc1-[n+]1ccccc1C. The monoisotopic (exact) mass is 363 g/mol. The predicted molar refractivity (Wildman–Crippen MR) is 111 cm³/mol. The van der Waals surface area contributed by atoms with Crippen LogP contribution >= 0.6 is 0 Å². The van der Waals surface area contributed by atoms with E-state index < -0.39 is 0 Å². The van der Waals surface area contributed by atoms with Crippen LogP contribution in [0, 0.1) is 13.8 Å². The van der Waals surface area contributed by atoms with Crippen LogP contribution in [0.1, 0.15) is 57.5 Å². The van der Waals surface area contributed by atoms with E-state index >= 15 is 0 Å². The summed E-state index contributed by atoms with van der Waals surface area (Å²) in [4.78, 5) is 0. The fourth-order valence-corrected chi connectivity index (χ4v) is 3.71. The van der Waals surface area contributed by atoms with Crippen LogP contribution in [0.25, 0.3) is 16.9 Å². The van der Waals surface area contributed by atoms with Gasteiger partial charge in [-0.25, -0.2) is 0 Å². The van der Waals surface area contributed by atoms with Gasteiger partial charge in [0.25, 0.3) is 0 Å². The van der Waals surface area contributed by atoms with E-state index in [1.807, 2.05) is 0 Å². The standard InChI is InChI=1S/C24H33N3/c1-17(2)27-14-12-22(25(27)8)21-15-20(24(5,6)7)16-23(19(21)4)26-13-10-9-11-18(26)3/h9-17H,1-8H3/q+2. The first-order chi connectivity index (χ1) is 12.6. The smallest absolute Gasteiger partial charge is 0.164 e. The molecule has 3 aromatic rings. The van der Waals surface area contributed by atoms with Crippen LogP contribution in [0.5, 0.6) is 0 Å². The Morgan fingerprint density at radius 2 is 1.67 bits per heavy atom. The van der Waals surface area contributed by atoms with Crippen LogP contribution < -0.4 is 9.25 Å². The molecule has 142 valence electrons. The summed E-state index contributed by atoms with van der Waals surface area (Å²) in [6.07, 6.45) is 4.34. The highest BCUT2D eigenvalue weighted by Gasteiger charge is 2.26. The molecule has 0 N–H and O–H groups in total. The lowest BCUT2D eigenvalue weighted by atomic mass is 9.84. The van der Waals surface area contributed by atoms with Gasteiger partial charge in [-0.3, -0.25) is 0 Å². The average Bonchev–Trinajstić information content (AvgIpc) is 2.96. The third-order valence-corrected chi connectivity index (χ3v) is 5.45. The number of benzene rings is 1. The first-order valence-corrected chi connectivity index (χ1v) is 9.81. The summed E-state index contributed by atoms with van der Waals surface area (Å²) in [6.45, 7) is 15.7. The van der Waals surface area contributed by atoms with E-state index in [9.17, 15) is 0 Å². The van der Waals surface area contributed by atoms with Crippen LogP contribution in [0.4, 0.5) is 0 Å². The number of aryl methyl sites for hydroxylation is 1. The average molecular weight is 364 g/mol. The number of pyridine rings is 1. The number of nitrogens with zero attached hydrogens (tertiary/aromatic N) is 3. The maximum Gasteiger partial charge on any atom is 0.214 e. The van der Waals surface area contributed by atoms with Crippen molar-refractivity contribution in [2.24, 2.45) is 7.05 Å². The topological polar surface area (TPSA) is 12.7 Å². The van der Waals surface area contributed by atoms with E-state index in [0.717, 1.165) is 0 Å². The van der Waals surface area contributed by atoms with Crippen molar-refractivity contribution in [2.45, 2.75) is 59.9 Å². The van der Waals surface area contributed by atoms with Crippen molar-refractivity contribution in [1.82, 2.24) is 4.68 Å². The van der Waals surface area contributed by atoms with E-state index in [0.29, 0.717) is 6.04 Å². The van der Waals surface area contributed by atoms with Gasteiger partial charge in [0.1, 0.15) is 5.69 Å². The first-order valence-electron chi connectivity index (χ1n) is 9.81. The van der Waals surface area contributed by atoms with Gasteiger partial charge in [-0.2, -0.15) is 9.25 Å². The second-order valence-electron chi connectivity index (χ2n) is 8.83. The Morgan fingerprint density at radius 1 is 0.963 bits per heavy atom. The van der Waals surface area contributed by atoms with Gasteiger partial charge in [0.05, 0.1) is 7.05 Å². The van der Waals surface area contributed by atoms with Crippen molar-refractivity contribution in [2.75, 3.05) is 0 Å². The number of hydrogen-bond acceptors (Lipinski definition) is 0. The Morgan fingerprint density at radius 3 is 2.22 bits per heavy atom. The molecule has 0 atom stereocenters. The quantitative estimate of drug-likeness (QED) is 0.596. The Kier molecular flexibility index (Phi) is 4.98. The molecule has 0 bridgehead atoms. The van der Waals surface area contributed by atoms with Gasteiger partial charge in [0, 0.05) is 42.3 Å². The van der Waals surface area contributed by atoms with E-state index in [1.54, 1.807) is 0 Å². The Balaban J connectivity index is 2.32. The molecule has 0 unspecified atom stereocenters.